The van der Waals surface area contributed by atoms with E-state index in [0.29, 0.717) is 37.5 Å². The molecule has 1 amide bonds. The third-order valence-corrected chi connectivity index (χ3v) is 12.4. The van der Waals surface area contributed by atoms with Crippen LogP contribution >= 0.6 is 0 Å². The van der Waals surface area contributed by atoms with Crippen molar-refractivity contribution in [3.63, 3.8) is 0 Å². The summed E-state index contributed by atoms with van der Waals surface area (Å²) >= 11 is 0. The van der Waals surface area contributed by atoms with Crippen molar-refractivity contribution in [2.24, 2.45) is 22.9 Å². The maximum Gasteiger partial charge on any atom is 0.410 e. The molecule has 2 aliphatic carbocycles. The Morgan fingerprint density at radius 2 is 1.72 bits per heavy atom. The van der Waals surface area contributed by atoms with Gasteiger partial charge in [-0.05, 0) is 90.1 Å². The second-order valence-corrected chi connectivity index (χ2v) is 16.1. The number of aliphatic hydroxyl groups excluding tert-OH is 2. The molecule has 0 spiro atoms. The monoisotopic (exact) mass is 832 g/mol. The van der Waals surface area contributed by atoms with Crippen LogP contribution in [0.2, 0.25) is 0 Å². The number of hydrogen-bond acceptors (Lipinski definition) is 10. The first-order chi connectivity index (χ1) is 29.9. The Hall–Kier alpha value is -5.20. The fraction of sp³-hybridized carbons (Fsp3) is 0.440. The fourth-order valence-electron chi connectivity index (χ4n) is 9.75. The van der Waals surface area contributed by atoms with Gasteiger partial charge >= 0.3 is 6.09 Å². The van der Waals surface area contributed by atoms with Gasteiger partial charge < -0.3 is 39.1 Å². The van der Waals surface area contributed by atoms with E-state index in [1.807, 2.05) is 61.5 Å². The Labute approximate surface area is 359 Å². The molecule has 0 bridgehead atoms. The summed E-state index contributed by atoms with van der Waals surface area (Å²) in [6.45, 7) is 7.35. The number of hydrogen-bond donors (Lipinski definition) is 3. The van der Waals surface area contributed by atoms with Crippen LogP contribution in [0.4, 0.5) is 4.79 Å². The van der Waals surface area contributed by atoms with Crippen LogP contribution in [0, 0.1) is 17.8 Å². The Morgan fingerprint density at radius 3 is 2.51 bits per heavy atom. The molecule has 1 aliphatic heterocycles. The molecule has 11 heteroatoms. The lowest BCUT2D eigenvalue weighted by atomic mass is 9.55. The van der Waals surface area contributed by atoms with Gasteiger partial charge in [0.2, 0.25) is 5.79 Å². The zero-order valence-corrected chi connectivity index (χ0v) is 35.2. The highest BCUT2D eigenvalue weighted by atomic mass is 16.7. The molecular weight excluding hydrogens is 773 g/mol. The van der Waals surface area contributed by atoms with Gasteiger partial charge in [0.05, 0.1) is 38.0 Å². The quantitative estimate of drug-likeness (QED) is 0.0426. The molecule has 6 atom stereocenters. The zero-order chi connectivity index (χ0) is 42.6. The predicted molar refractivity (Wildman–Crippen MR) is 235 cm³/mol. The zero-order valence-electron chi connectivity index (χ0n) is 35.2. The minimum atomic E-state index is -1.47. The van der Waals surface area contributed by atoms with Gasteiger partial charge in [-0.3, -0.25) is 4.90 Å². The third-order valence-electron chi connectivity index (χ3n) is 12.4. The third kappa shape index (κ3) is 9.81. The van der Waals surface area contributed by atoms with Crippen molar-refractivity contribution in [3.05, 3.63) is 132 Å². The number of ether oxygens (including phenoxy) is 4. The summed E-state index contributed by atoms with van der Waals surface area (Å²) < 4.78 is 26.4. The smallest absolute Gasteiger partial charge is 0.410 e. The van der Waals surface area contributed by atoms with Gasteiger partial charge in [-0.1, -0.05) is 103 Å². The molecule has 3 N–H and O–H groups in total. The normalized spacial score (nSPS) is 23.4. The van der Waals surface area contributed by atoms with Crippen molar-refractivity contribution < 1.29 is 43.9 Å². The molecule has 61 heavy (non-hydrogen) atoms. The van der Waals surface area contributed by atoms with Gasteiger partial charge in [0.25, 0.3) is 0 Å². The van der Waals surface area contributed by atoms with Crippen molar-refractivity contribution in [3.8, 4) is 11.5 Å². The lowest BCUT2D eigenvalue weighted by molar-refractivity contribution is -0.256. The molecule has 1 fully saturated rings. The number of aliphatic hydroxyl groups is 2. The van der Waals surface area contributed by atoms with Crippen molar-refractivity contribution >= 4 is 22.6 Å². The average Bonchev–Trinajstić information content (AvgIpc) is 3.28. The molecule has 1 saturated carbocycles. The number of carbonyl (C=O) groups excluding carboxylic acids is 1. The molecule has 324 valence electrons. The second-order valence-electron chi connectivity index (χ2n) is 16.1. The molecule has 11 nitrogen and oxygen atoms in total. The minimum absolute atomic E-state index is 0.0213. The molecule has 3 aliphatic rings. The van der Waals surface area contributed by atoms with Crippen molar-refractivity contribution in [1.82, 2.24) is 4.90 Å². The standard InChI is InChI=1S/C50H60N2O9/c1-3-27-59-50-46(52(33-38-20-14-19-36-17-8-9-21-40(36)38)49(56)58-29-28-57-34-35-15-6-5-7-16-35)32-44(51-60-4-2)42-30-37(18-10-12-25-53)41(22-11-13-26-54)47(48(42)50)43-31-39(55)23-24-45(43)61-50/h3,5-9,14-17,19-21,23-24,30-31,37,41,46-48,53-55H,1,4,10-13,18,22,25-29,32-34H2,2H3. The van der Waals surface area contributed by atoms with E-state index in [4.69, 9.17) is 28.9 Å². The van der Waals surface area contributed by atoms with Crippen LogP contribution in [0.3, 0.4) is 0 Å². The number of benzene rings is 4. The number of amides is 1. The summed E-state index contributed by atoms with van der Waals surface area (Å²) in [5.74, 6) is -1.45. The van der Waals surface area contributed by atoms with Gasteiger partial charge in [0.15, 0.2) is 0 Å². The molecule has 6 unspecified atom stereocenters. The number of oxime groups is 1. The average molecular weight is 833 g/mol. The highest BCUT2D eigenvalue weighted by Gasteiger charge is 2.65. The second kappa shape index (κ2) is 21.1. The Morgan fingerprint density at radius 1 is 0.951 bits per heavy atom. The molecule has 4 aromatic rings. The van der Waals surface area contributed by atoms with E-state index in [9.17, 15) is 20.1 Å². The molecule has 4 aromatic carbocycles. The molecule has 0 aromatic heterocycles. The Kier molecular flexibility index (Phi) is 15.1. The number of nitrogens with zero attached hydrogens (tertiary/aromatic N) is 2. The van der Waals surface area contributed by atoms with Crippen LogP contribution in [0.1, 0.15) is 74.5 Å². The van der Waals surface area contributed by atoms with E-state index in [-0.39, 0.29) is 69.5 Å². The van der Waals surface area contributed by atoms with Gasteiger partial charge in [-0.2, -0.15) is 0 Å². The summed E-state index contributed by atoms with van der Waals surface area (Å²) in [6.07, 6.45) is 8.21. The number of fused-ring (bicyclic) bond motifs is 3. The van der Waals surface area contributed by atoms with Crippen molar-refractivity contribution in [1.29, 1.82) is 0 Å². The minimum Gasteiger partial charge on any atom is -0.508 e. The number of phenols is 1. The van der Waals surface area contributed by atoms with Crippen molar-refractivity contribution in [2.75, 3.05) is 39.6 Å². The van der Waals surface area contributed by atoms with E-state index in [2.05, 4.69) is 30.9 Å². The SMILES string of the molecule is C=CCOC12Oc3ccc(O)cc3C3C(CCCCO)C(CCCCO)C=C(C(=NOCC)CC1N(Cc1cccc4ccccc14)C(=O)OCCOCc1ccccc1)C32. The summed E-state index contributed by atoms with van der Waals surface area (Å²) in [7, 11) is 0. The lowest BCUT2D eigenvalue weighted by Gasteiger charge is -2.59. The number of allylic oxidation sites excluding steroid dienone is 1. The summed E-state index contributed by atoms with van der Waals surface area (Å²) in [6, 6.07) is 28.5. The van der Waals surface area contributed by atoms with Crippen LogP contribution in [0.25, 0.3) is 10.8 Å². The number of aromatic hydroxyl groups is 1. The van der Waals surface area contributed by atoms with Gasteiger partial charge in [-0.15, -0.1) is 6.58 Å². The highest BCUT2D eigenvalue weighted by Crippen LogP contribution is 2.62. The van der Waals surface area contributed by atoms with Crippen LogP contribution in [-0.2, 0) is 32.2 Å². The van der Waals surface area contributed by atoms with Crippen LogP contribution < -0.4 is 4.74 Å². The summed E-state index contributed by atoms with van der Waals surface area (Å²) in [5, 5.41) is 37.6. The summed E-state index contributed by atoms with van der Waals surface area (Å²) in [4.78, 5) is 22.6. The summed E-state index contributed by atoms with van der Waals surface area (Å²) in [5.41, 5.74) is 4.41. The van der Waals surface area contributed by atoms with Crippen LogP contribution in [0.15, 0.2) is 120 Å². The Balaban J connectivity index is 1.37. The topological polar surface area (TPSA) is 140 Å². The van der Waals surface area contributed by atoms with Gasteiger partial charge in [-0.25, -0.2) is 4.79 Å². The fourth-order valence-corrected chi connectivity index (χ4v) is 9.75. The van der Waals surface area contributed by atoms with Gasteiger partial charge in [0, 0.05) is 31.1 Å². The number of carbonyl (C=O) groups is 1. The number of unbranched alkanes of at least 4 members (excludes halogenated alkanes) is 2. The molecule has 7 rings (SSSR count). The highest BCUT2D eigenvalue weighted by molar-refractivity contribution is 6.03. The molecule has 1 heterocycles. The lowest BCUT2D eigenvalue weighted by Crippen LogP contribution is -2.70. The van der Waals surface area contributed by atoms with E-state index < -0.39 is 23.8 Å². The maximum absolute atomic E-state index is 15.0. The van der Waals surface area contributed by atoms with Crippen LogP contribution in [-0.4, -0.2) is 83.5 Å². The first-order valence-electron chi connectivity index (χ1n) is 21.8. The van der Waals surface area contributed by atoms with E-state index in [1.165, 1.54) is 0 Å². The first-order valence-corrected chi connectivity index (χ1v) is 21.8. The Bertz CT molecular complexity index is 2130. The number of phenolic OH excluding ortho intramolecular Hbond substituents is 1. The first kappa shape index (κ1) is 43.9. The van der Waals surface area contributed by atoms with Gasteiger partial charge in [0.1, 0.15) is 30.8 Å². The van der Waals surface area contributed by atoms with E-state index >= 15 is 0 Å². The van der Waals surface area contributed by atoms with E-state index in [0.717, 1.165) is 58.7 Å². The number of rotatable bonds is 21. The maximum atomic E-state index is 15.0. The van der Waals surface area contributed by atoms with Crippen molar-refractivity contribution in [2.45, 2.75) is 82.8 Å². The van der Waals surface area contributed by atoms with E-state index in [1.54, 1.807) is 29.2 Å². The predicted octanol–water partition coefficient (Wildman–Crippen LogP) is 9.05. The molecule has 0 radical (unpaired) electrons. The molecular formula is C50H60N2O9. The largest absolute Gasteiger partial charge is 0.508 e. The van der Waals surface area contributed by atoms with Crippen LogP contribution in [0.5, 0.6) is 11.5 Å². The molecule has 0 saturated heterocycles.